The van der Waals surface area contributed by atoms with Gasteiger partial charge in [-0.1, -0.05) is 53.5 Å². The van der Waals surface area contributed by atoms with Crippen molar-refractivity contribution in [3.63, 3.8) is 0 Å². The van der Waals surface area contributed by atoms with E-state index in [2.05, 4.69) is 40.7 Å². The van der Waals surface area contributed by atoms with Gasteiger partial charge in [0.25, 0.3) is 0 Å². The molecule has 0 fully saturated rings. The Kier molecular flexibility index (Phi) is 11.0. The predicted octanol–water partition coefficient (Wildman–Crippen LogP) is 8.19. The lowest BCUT2D eigenvalue weighted by molar-refractivity contribution is -0.143. The third kappa shape index (κ3) is 9.07. The third-order valence-corrected chi connectivity index (χ3v) is 5.83. The molecular formula is C32H44O5. The highest BCUT2D eigenvalue weighted by molar-refractivity contribution is 6.07. The summed E-state index contributed by atoms with van der Waals surface area (Å²) in [5.41, 5.74) is 1.61. The molecule has 0 aliphatic heterocycles. The highest BCUT2D eigenvalue weighted by atomic mass is 16.5. The van der Waals surface area contributed by atoms with Crippen molar-refractivity contribution in [2.24, 2.45) is 5.41 Å². The lowest BCUT2D eigenvalue weighted by atomic mass is 9.84. The summed E-state index contributed by atoms with van der Waals surface area (Å²) >= 11 is 0. The zero-order valence-electron chi connectivity index (χ0n) is 23.9. The van der Waals surface area contributed by atoms with Gasteiger partial charge < -0.3 is 14.2 Å². The van der Waals surface area contributed by atoms with Crippen molar-refractivity contribution in [3.05, 3.63) is 59.2 Å². The first-order valence-electron chi connectivity index (χ1n) is 13.4. The maximum absolute atomic E-state index is 13.1. The van der Waals surface area contributed by atoms with Gasteiger partial charge in [0.1, 0.15) is 17.2 Å². The second-order valence-electron chi connectivity index (χ2n) is 11.4. The lowest BCUT2D eigenvalue weighted by Crippen LogP contribution is -2.25. The van der Waals surface area contributed by atoms with E-state index < -0.39 is 5.41 Å². The fraction of sp³-hybridized carbons (Fsp3) is 0.500. The van der Waals surface area contributed by atoms with Crippen molar-refractivity contribution in [1.29, 1.82) is 0 Å². The average molecular weight is 509 g/mol. The van der Waals surface area contributed by atoms with E-state index in [1.165, 1.54) is 0 Å². The Morgan fingerprint density at radius 3 is 1.95 bits per heavy atom. The van der Waals surface area contributed by atoms with Crippen molar-refractivity contribution < 1.29 is 23.8 Å². The molecule has 2 rings (SSSR count). The maximum Gasteiger partial charge on any atom is 0.316 e. The molecule has 0 saturated heterocycles. The Morgan fingerprint density at radius 1 is 0.811 bits per heavy atom. The van der Waals surface area contributed by atoms with Crippen molar-refractivity contribution in [2.45, 2.75) is 86.5 Å². The van der Waals surface area contributed by atoms with Crippen LogP contribution in [0.1, 0.15) is 103 Å². The molecule has 2 aromatic rings. The molecule has 37 heavy (non-hydrogen) atoms. The standard InChI is InChI=1S/C32H44O5/c1-9-11-21-35-28-20-18-26(31(3,4)5)29(36-22-12-10-2)25(28)17-19-27(33)23-13-15-24(16-14-23)37-30(34)32(6,7)8/h13-20H,9-12,21-22H2,1-8H3/b19-17+. The molecular weight excluding hydrogens is 464 g/mol. The molecule has 2 aromatic carbocycles. The summed E-state index contributed by atoms with van der Waals surface area (Å²) in [6.07, 6.45) is 7.30. The van der Waals surface area contributed by atoms with E-state index in [-0.39, 0.29) is 17.2 Å². The van der Waals surface area contributed by atoms with Crippen molar-refractivity contribution in [1.82, 2.24) is 0 Å². The van der Waals surface area contributed by atoms with Gasteiger partial charge in [0.2, 0.25) is 0 Å². The van der Waals surface area contributed by atoms with Gasteiger partial charge in [-0.05, 0) is 81.5 Å². The Morgan fingerprint density at radius 2 is 1.41 bits per heavy atom. The molecule has 202 valence electrons. The number of allylic oxidation sites excluding steroid dienone is 1. The molecule has 5 nitrogen and oxygen atoms in total. The molecule has 0 atom stereocenters. The van der Waals surface area contributed by atoms with Crippen molar-refractivity contribution >= 4 is 17.8 Å². The van der Waals surface area contributed by atoms with E-state index >= 15 is 0 Å². The average Bonchev–Trinajstić information content (AvgIpc) is 2.82. The molecule has 0 aliphatic carbocycles. The van der Waals surface area contributed by atoms with E-state index in [0.29, 0.717) is 30.3 Å². The third-order valence-electron chi connectivity index (χ3n) is 5.83. The van der Waals surface area contributed by atoms with Crippen molar-refractivity contribution in [3.8, 4) is 17.2 Å². The number of carbonyl (C=O) groups excluding carboxylic acids is 2. The zero-order valence-corrected chi connectivity index (χ0v) is 23.9. The summed E-state index contributed by atoms with van der Waals surface area (Å²) in [5, 5.41) is 0. The van der Waals surface area contributed by atoms with E-state index in [4.69, 9.17) is 14.2 Å². The van der Waals surface area contributed by atoms with Crippen LogP contribution in [0.4, 0.5) is 0 Å². The molecule has 0 radical (unpaired) electrons. The smallest absolute Gasteiger partial charge is 0.316 e. The summed E-state index contributed by atoms with van der Waals surface area (Å²) in [4.78, 5) is 25.2. The number of benzene rings is 2. The Bertz CT molecular complexity index is 1070. The van der Waals surface area contributed by atoms with E-state index in [0.717, 1.165) is 42.6 Å². The summed E-state index contributed by atoms with van der Waals surface area (Å²) < 4.78 is 17.8. The summed E-state index contributed by atoms with van der Waals surface area (Å²) in [7, 11) is 0. The number of ketones is 1. The number of esters is 1. The topological polar surface area (TPSA) is 61.8 Å². The highest BCUT2D eigenvalue weighted by Crippen LogP contribution is 2.40. The fourth-order valence-corrected chi connectivity index (χ4v) is 3.46. The first-order valence-corrected chi connectivity index (χ1v) is 13.4. The summed E-state index contributed by atoms with van der Waals surface area (Å²) in [5.74, 6) is 1.41. The second kappa shape index (κ2) is 13.5. The Labute approximate surface area is 223 Å². The van der Waals surface area contributed by atoms with Crippen LogP contribution >= 0.6 is 0 Å². The van der Waals surface area contributed by atoms with Crippen LogP contribution in [-0.2, 0) is 10.2 Å². The van der Waals surface area contributed by atoms with Crippen LogP contribution in [0.3, 0.4) is 0 Å². The zero-order chi connectivity index (χ0) is 27.6. The van der Waals surface area contributed by atoms with Gasteiger partial charge in [-0.3, -0.25) is 9.59 Å². The van der Waals surface area contributed by atoms with Gasteiger partial charge in [0.05, 0.1) is 24.2 Å². The number of hydrogen-bond donors (Lipinski definition) is 0. The first-order chi connectivity index (χ1) is 17.4. The highest BCUT2D eigenvalue weighted by Gasteiger charge is 2.25. The minimum atomic E-state index is -0.605. The SMILES string of the molecule is CCCCOc1ccc(C(C)(C)C)c(OCCCC)c1/C=C/C(=O)c1ccc(OC(=O)C(C)(C)C)cc1. The molecule has 0 unspecified atom stereocenters. The minimum Gasteiger partial charge on any atom is -0.493 e. The number of ether oxygens (including phenoxy) is 3. The number of rotatable bonds is 12. The number of carbonyl (C=O) groups is 2. The van der Waals surface area contributed by atoms with Gasteiger partial charge in [0, 0.05) is 11.1 Å². The molecule has 0 heterocycles. The van der Waals surface area contributed by atoms with Gasteiger partial charge in [0.15, 0.2) is 5.78 Å². The largest absolute Gasteiger partial charge is 0.493 e. The molecule has 0 amide bonds. The lowest BCUT2D eigenvalue weighted by Gasteiger charge is -2.25. The second-order valence-corrected chi connectivity index (χ2v) is 11.4. The maximum atomic E-state index is 13.1. The van der Waals surface area contributed by atoms with Gasteiger partial charge in [-0.2, -0.15) is 0 Å². The van der Waals surface area contributed by atoms with Crippen LogP contribution in [0.2, 0.25) is 0 Å². The van der Waals surface area contributed by atoms with Crippen LogP contribution in [0.5, 0.6) is 17.2 Å². The monoisotopic (exact) mass is 508 g/mol. The molecule has 0 aromatic heterocycles. The summed E-state index contributed by atoms with van der Waals surface area (Å²) in [6.45, 7) is 17.3. The predicted molar refractivity (Wildman–Crippen MR) is 151 cm³/mol. The molecule has 0 N–H and O–H groups in total. The minimum absolute atomic E-state index is 0.142. The van der Waals surface area contributed by atoms with Gasteiger partial charge >= 0.3 is 5.97 Å². The number of hydrogen-bond acceptors (Lipinski definition) is 5. The van der Waals surface area contributed by atoms with Crippen LogP contribution in [0, 0.1) is 5.41 Å². The summed E-state index contributed by atoms with van der Waals surface area (Å²) in [6, 6.07) is 10.7. The van der Waals surface area contributed by atoms with Gasteiger partial charge in [-0.15, -0.1) is 0 Å². The molecule has 0 bridgehead atoms. The van der Waals surface area contributed by atoms with Gasteiger partial charge in [-0.25, -0.2) is 0 Å². The first kappa shape index (κ1) is 30.1. The molecule has 0 spiro atoms. The van der Waals surface area contributed by atoms with Crippen LogP contribution in [0.15, 0.2) is 42.5 Å². The van der Waals surface area contributed by atoms with Crippen LogP contribution in [-0.4, -0.2) is 25.0 Å². The Balaban J connectivity index is 2.39. The van der Waals surface area contributed by atoms with Crippen LogP contribution in [0.25, 0.3) is 6.08 Å². The van der Waals surface area contributed by atoms with Crippen molar-refractivity contribution in [2.75, 3.05) is 13.2 Å². The molecule has 5 heteroatoms. The molecule has 0 aliphatic rings. The quantitative estimate of drug-likeness (QED) is 0.0951. The number of unbranched alkanes of at least 4 members (excludes halogenated alkanes) is 2. The molecule has 0 saturated carbocycles. The Hall–Kier alpha value is -3.08. The van der Waals surface area contributed by atoms with Crippen LogP contribution < -0.4 is 14.2 Å². The van der Waals surface area contributed by atoms with E-state index in [1.54, 1.807) is 57.2 Å². The van der Waals surface area contributed by atoms with E-state index in [9.17, 15) is 9.59 Å². The normalized spacial score (nSPS) is 12.0. The fourth-order valence-electron chi connectivity index (χ4n) is 3.46. The van der Waals surface area contributed by atoms with E-state index in [1.807, 2.05) is 6.07 Å².